The van der Waals surface area contributed by atoms with Crippen molar-refractivity contribution in [3.63, 3.8) is 0 Å². The maximum atomic E-state index is 5.95. The summed E-state index contributed by atoms with van der Waals surface area (Å²) < 4.78 is 5.92. The Balaban J connectivity index is 1.99. The molecular formula is C16H15ClN2OS. The number of thiophene rings is 1. The highest BCUT2D eigenvalue weighted by atomic mass is 35.5. The van der Waals surface area contributed by atoms with E-state index in [4.69, 9.17) is 16.3 Å². The summed E-state index contributed by atoms with van der Waals surface area (Å²) in [5.74, 6) is 1.76. The van der Waals surface area contributed by atoms with Gasteiger partial charge in [0, 0.05) is 0 Å². The van der Waals surface area contributed by atoms with Crippen molar-refractivity contribution in [2.75, 3.05) is 0 Å². The van der Waals surface area contributed by atoms with Crippen molar-refractivity contribution < 1.29 is 4.74 Å². The molecule has 3 aromatic rings. The summed E-state index contributed by atoms with van der Waals surface area (Å²) in [6.07, 6.45) is 0. The zero-order valence-electron chi connectivity index (χ0n) is 12.1. The molecule has 0 aliphatic carbocycles. The molecule has 0 unspecified atom stereocenters. The highest BCUT2D eigenvalue weighted by molar-refractivity contribution is 7.16. The first-order chi connectivity index (χ1) is 10.0. The lowest BCUT2D eigenvalue weighted by atomic mass is 9.98. The van der Waals surface area contributed by atoms with Crippen LogP contribution in [0.2, 0.25) is 5.28 Å². The van der Waals surface area contributed by atoms with Crippen LogP contribution in [0, 0.1) is 6.92 Å². The van der Waals surface area contributed by atoms with Gasteiger partial charge in [0.05, 0.1) is 5.39 Å². The van der Waals surface area contributed by atoms with Crippen molar-refractivity contribution in [3.05, 3.63) is 46.1 Å². The number of rotatable bonds is 3. The second-order valence-corrected chi connectivity index (χ2v) is 6.45. The number of aromatic nitrogens is 2. The van der Waals surface area contributed by atoms with Gasteiger partial charge in [-0.3, -0.25) is 0 Å². The molecule has 108 valence electrons. The lowest BCUT2D eigenvalue weighted by Gasteiger charge is -2.12. The number of benzene rings is 1. The van der Waals surface area contributed by atoms with Crippen molar-refractivity contribution in [1.29, 1.82) is 0 Å². The van der Waals surface area contributed by atoms with Gasteiger partial charge in [-0.15, -0.1) is 11.3 Å². The number of halogens is 1. The van der Waals surface area contributed by atoms with Crippen LogP contribution in [-0.4, -0.2) is 9.97 Å². The van der Waals surface area contributed by atoms with E-state index < -0.39 is 0 Å². The minimum atomic E-state index is 0.204. The van der Waals surface area contributed by atoms with Crippen LogP contribution < -0.4 is 4.74 Å². The molecule has 0 aliphatic heterocycles. The van der Waals surface area contributed by atoms with Crippen molar-refractivity contribution in [2.24, 2.45) is 0 Å². The maximum absolute atomic E-state index is 5.95. The van der Waals surface area contributed by atoms with E-state index in [2.05, 4.69) is 36.8 Å². The van der Waals surface area contributed by atoms with E-state index in [1.54, 1.807) is 0 Å². The van der Waals surface area contributed by atoms with Gasteiger partial charge < -0.3 is 4.74 Å². The van der Waals surface area contributed by atoms with Crippen LogP contribution in [0.3, 0.4) is 0 Å². The molecule has 0 amide bonds. The summed E-state index contributed by atoms with van der Waals surface area (Å²) in [6.45, 7) is 6.46. The number of fused-ring (bicyclic) bond motifs is 1. The largest absolute Gasteiger partial charge is 0.438 e. The van der Waals surface area contributed by atoms with E-state index in [1.807, 2.05) is 23.6 Å². The molecule has 0 saturated heterocycles. The second kappa shape index (κ2) is 5.62. The molecule has 3 rings (SSSR count). The van der Waals surface area contributed by atoms with Crippen molar-refractivity contribution in [2.45, 2.75) is 26.7 Å². The zero-order valence-corrected chi connectivity index (χ0v) is 13.6. The summed E-state index contributed by atoms with van der Waals surface area (Å²) in [6, 6.07) is 8.05. The molecule has 0 bridgehead atoms. The topological polar surface area (TPSA) is 35.0 Å². The van der Waals surface area contributed by atoms with Crippen LogP contribution >= 0.6 is 22.9 Å². The lowest BCUT2D eigenvalue weighted by Crippen LogP contribution is -1.95. The Morgan fingerprint density at radius 3 is 2.71 bits per heavy atom. The summed E-state index contributed by atoms with van der Waals surface area (Å²) >= 11 is 7.47. The Morgan fingerprint density at radius 1 is 1.19 bits per heavy atom. The maximum Gasteiger partial charge on any atom is 0.232 e. The Morgan fingerprint density at radius 2 is 2.00 bits per heavy atom. The molecule has 0 aliphatic rings. The van der Waals surface area contributed by atoms with Crippen molar-refractivity contribution >= 4 is 33.2 Å². The molecule has 0 atom stereocenters. The van der Waals surface area contributed by atoms with E-state index in [0.29, 0.717) is 11.8 Å². The molecule has 0 radical (unpaired) electrons. The molecule has 5 heteroatoms. The van der Waals surface area contributed by atoms with Crippen LogP contribution in [0.15, 0.2) is 29.6 Å². The molecule has 2 heterocycles. The molecule has 0 saturated carbocycles. The van der Waals surface area contributed by atoms with Gasteiger partial charge in [-0.2, -0.15) is 4.98 Å². The van der Waals surface area contributed by atoms with E-state index in [1.165, 1.54) is 22.5 Å². The third-order valence-electron chi connectivity index (χ3n) is 3.34. The standard InChI is InChI=1S/C16H15ClN2OS/c1-9(2)12-5-4-11(8-10(12)3)20-14-13-6-7-21-15(13)19-16(17)18-14/h4-9H,1-3H3. The summed E-state index contributed by atoms with van der Waals surface area (Å²) in [5, 5.41) is 3.04. The third kappa shape index (κ3) is 2.87. The average molecular weight is 319 g/mol. The Hall–Kier alpha value is -1.65. The summed E-state index contributed by atoms with van der Waals surface area (Å²) in [5.41, 5.74) is 2.54. The van der Waals surface area contributed by atoms with E-state index in [9.17, 15) is 0 Å². The van der Waals surface area contributed by atoms with Gasteiger partial charge in [0.15, 0.2) is 0 Å². The Bertz CT molecular complexity index is 798. The third-order valence-corrected chi connectivity index (χ3v) is 4.32. The fraction of sp³-hybridized carbons (Fsp3) is 0.250. The first-order valence-corrected chi connectivity index (χ1v) is 7.99. The average Bonchev–Trinajstić information content (AvgIpc) is 2.86. The molecule has 1 aromatic carbocycles. The first kappa shape index (κ1) is 14.3. The van der Waals surface area contributed by atoms with E-state index in [0.717, 1.165) is 16.0 Å². The zero-order chi connectivity index (χ0) is 15.0. The highest BCUT2D eigenvalue weighted by Gasteiger charge is 2.11. The van der Waals surface area contributed by atoms with Gasteiger partial charge in [-0.05, 0) is 59.1 Å². The summed E-state index contributed by atoms with van der Waals surface area (Å²) in [7, 11) is 0. The lowest BCUT2D eigenvalue weighted by molar-refractivity contribution is 0.467. The van der Waals surface area contributed by atoms with Crippen LogP contribution in [0.4, 0.5) is 0 Å². The van der Waals surface area contributed by atoms with Gasteiger partial charge in [-0.25, -0.2) is 4.98 Å². The number of nitrogens with zero attached hydrogens (tertiary/aromatic N) is 2. The normalized spacial score (nSPS) is 11.3. The first-order valence-electron chi connectivity index (χ1n) is 6.73. The molecule has 0 fully saturated rings. The van der Waals surface area contributed by atoms with Gasteiger partial charge in [-0.1, -0.05) is 19.9 Å². The minimum Gasteiger partial charge on any atom is -0.438 e. The monoisotopic (exact) mass is 318 g/mol. The van der Waals surface area contributed by atoms with Gasteiger partial charge in [0.2, 0.25) is 11.2 Å². The van der Waals surface area contributed by atoms with E-state index >= 15 is 0 Å². The minimum absolute atomic E-state index is 0.204. The number of aryl methyl sites for hydroxylation is 1. The highest BCUT2D eigenvalue weighted by Crippen LogP contribution is 2.32. The molecule has 2 aromatic heterocycles. The number of ether oxygens (including phenoxy) is 1. The smallest absolute Gasteiger partial charge is 0.232 e. The molecule has 21 heavy (non-hydrogen) atoms. The molecular weight excluding hydrogens is 304 g/mol. The molecule has 3 nitrogen and oxygen atoms in total. The fourth-order valence-corrected chi connectivity index (χ4v) is 3.32. The van der Waals surface area contributed by atoms with Gasteiger partial charge >= 0.3 is 0 Å². The molecule has 0 spiro atoms. The number of hydrogen-bond acceptors (Lipinski definition) is 4. The SMILES string of the molecule is Cc1cc(Oc2nc(Cl)nc3sccc23)ccc1C(C)C. The predicted octanol–water partition coefficient (Wildman–Crippen LogP) is 5.57. The van der Waals surface area contributed by atoms with Crippen molar-refractivity contribution in [3.8, 4) is 11.6 Å². The Labute approximate surface area is 132 Å². The molecule has 0 N–H and O–H groups in total. The number of hydrogen-bond donors (Lipinski definition) is 0. The van der Waals surface area contributed by atoms with Gasteiger partial charge in [0.1, 0.15) is 10.6 Å². The Kier molecular flexibility index (Phi) is 3.83. The fourth-order valence-electron chi connectivity index (χ4n) is 2.35. The van der Waals surface area contributed by atoms with E-state index in [-0.39, 0.29) is 5.28 Å². The van der Waals surface area contributed by atoms with Crippen LogP contribution in [-0.2, 0) is 0 Å². The van der Waals surface area contributed by atoms with Crippen LogP contribution in [0.25, 0.3) is 10.2 Å². The van der Waals surface area contributed by atoms with Crippen LogP contribution in [0.5, 0.6) is 11.6 Å². The second-order valence-electron chi connectivity index (χ2n) is 5.21. The van der Waals surface area contributed by atoms with Crippen LogP contribution in [0.1, 0.15) is 30.9 Å². The van der Waals surface area contributed by atoms with Gasteiger partial charge in [0.25, 0.3) is 0 Å². The predicted molar refractivity (Wildman–Crippen MR) is 87.8 cm³/mol. The quantitative estimate of drug-likeness (QED) is 0.592. The van der Waals surface area contributed by atoms with Crippen molar-refractivity contribution in [1.82, 2.24) is 9.97 Å². The summed E-state index contributed by atoms with van der Waals surface area (Å²) in [4.78, 5) is 9.21.